The van der Waals surface area contributed by atoms with Crippen molar-refractivity contribution in [2.24, 2.45) is 0 Å². The van der Waals surface area contributed by atoms with E-state index in [0.717, 1.165) is 42.8 Å². The molecular formula is C14H18N4O2S. The summed E-state index contributed by atoms with van der Waals surface area (Å²) in [5.74, 6) is 1.30. The molecule has 0 unspecified atom stereocenters. The van der Waals surface area contributed by atoms with Crippen LogP contribution >= 0.6 is 11.8 Å². The Hall–Kier alpha value is -1.76. The lowest BCUT2D eigenvalue weighted by Gasteiger charge is -2.07. The number of nitrogens with zero attached hydrogens (tertiary/aromatic N) is 3. The van der Waals surface area contributed by atoms with E-state index in [4.69, 9.17) is 4.74 Å². The van der Waals surface area contributed by atoms with E-state index < -0.39 is 0 Å². The van der Waals surface area contributed by atoms with Gasteiger partial charge < -0.3 is 14.3 Å². The first-order chi connectivity index (χ1) is 10.2. The van der Waals surface area contributed by atoms with Crippen LogP contribution in [-0.4, -0.2) is 26.6 Å². The third kappa shape index (κ3) is 2.70. The summed E-state index contributed by atoms with van der Waals surface area (Å²) in [7, 11) is 1.62. The molecule has 0 bridgehead atoms. The van der Waals surface area contributed by atoms with E-state index in [9.17, 15) is 4.79 Å². The predicted molar refractivity (Wildman–Crippen MR) is 80.9 cm³/mol. The Morgan fingerprint density at radius 3 is 3.10 bits per heavy atom. The molecule has 0 fully saturated rings. The molecule has 0 atom stereocenters. The number of nitrogens with one attached hydrogen (secondary N) is 1. The number of ether oxygens (including phenoxy) is 1. The number of thioether (sulfide) groups is 1. The molecule has 0 aliphatic heterocycles. The molecular weight excluding hydrogens is 288 g/mol. The maximum atomic E-state index is 12.0. The van der Waals surface area contributed by atoms with Crippen molar-refractivity contribution in [3.8, 4) is 5.88 Å². The molecule has 112 valence electrons. The van der Waals surface area contributed by atoms with Crippen LogP contribution in [-0.2, 0) is 25.1 Å². The van der Waals surface area contributed by atoms with Gasteiger partial charge in [-0.05, 0) is 26.2 Å². The number of aromatic nitrogens is 4. The number of aromatic amines is 1. The third-order valence-electron chi connectivity index (χ3n) is 3.71. The lowest BCUT2D eigenvalue weighted by molar-refractivity contribution is 0.395. The molecule has 0 amide bonds. The average Bonchev–Trinajstić information content (AvgIpc) is 3.10. The SMILES string of the molecule is CCn1cnc(OC)c1CSc1nc2c(c(=O)[nH]1)CCC2. The van der Waals surface area contributed by atoms with Crippen LogP contribution in [0, 0.1) is 0 Å². The van der Waals surface area contributed by atoms with E-state index in [1.807, 2.05) is 4.57 Å². The van der Waals surface area contributed by atoms with Crippen molar-refractivity contribution >= 4 is 11.8 Å². The number of rotatable bonds is 5. The summed E-state index contributed by atoms with van der Waals surface area (Å²) < 4.78 is 7.32. The van der Waals surface area contributed by atoms with Crippen LogP contribution in [0.1, 0.15) is 30.3 Å². The highest BCUT2D eigenvalue weighted by Crippen LogP contribution is 2.26. The van der Waals surface area contributed by atoms with Crippen molar-refractivity contribution in [2.75, 3.05) is 7.11 Å². The molecule has 2 aromatic heterocycles. The molecule has 6 nitrogen and oxygen atoms in total. The molecule has 2 heterocycles. The standard InChI is InChI=1S/C14H18N4O2S/c1-3-18-8-15-13(20-2)11(18)7-21-14-16-10-6-4-5-9(10)12(19)17-14/h8H,3-7H2,1-2H3,(H,16,17,19). The molecule has 0 spiro atoms. The van der Waals surface area contributed by atoms with E-state index >= 15 is 0 Å². The van der Waals surface area contributed by atoms with Gasteiger partial charge in [-0.3, -0.25) is 4.79 Å². The molecule has 0 aromatic carbocycles. The van der Waals surface area contributed by atoms with Crippen LogP contribution in [0.15, 0.2) is 16.3 Å². The first-order valence-corrected chi connectivity index (χ1v) is 8.04. The summed E-state index contributed by atoms with van der Waals surface area (Å²) in [6.07, 6.45) is 4.55. The zero-order chi connectivity index (χ0) is 14.8. The highest BCUT2D eigenvalue weighted by atomic mass is 32.2. The van der Waals surface area contributed by atoms with Crippen molar-refractivity contribution in [1.29, 1.82) is 0 Å². The molecule has 2 aromatic rings. The number of hydrogen-bond acceptors (Lipinski definition) is 5. The zero-order valence-corrected chi connectivity index (χ0v) is 13.0. The summed E-state index contributed by atoms with van der Waals surface area (Å²) in [5.41, 5.74) is 2.83. The monoisotopic (exact) mass is 306 g/mol. The fraction of sp³-hybridized carbons (Fsp3) is 0.500. The minimum Gasteiger partial charge on any atom is -0.480 e. The number of imidazole rings is 1. The van der Waals surface area contributed by atoms with Gasteiger partial charge in [-0.1, -0.05) is 11.8 Å². The first kappa shape index (κ1) is 14.2. The van der Waals surface area contributed by atoms with Gasteiger partial charge in [0.25, 0.3) is 5.56 Å². The van der Waals surface area contributed by atoms with Gasteiger partial charge in [0.05, 0.1) is 24.8 Å². The molecule has 0 saturated heterocycles. The first-order valence-electron chi connectivity index (χ1n) is 7.05. The van der Waals surface area contributed by atoms with Gasteiger partial charge in [-0.25, -0.2) is 9.97 Å². The van der Waals surface area contributed by atoms with Gasteiger partial charge >= 0.3 is 0 Å². The Morgan fingerprint density at radius 2 is 2.33 bits per heavy atom. The van der Waals surface area contributed by atoms with E-state index in [1.54, 1.807) is 13.4 Å². The minimum atomic E-state index is 0.0102. The second-order valence-corrected chi connectivity index (χ2v) is 5.89. The summed E-state index contributed by atoms with van der Waals surface area (Å²) in [6.45, 7) is 2.89. The van der Waals surface area contributed by atoms with E-state index in [2.05, 4.69) is 21.9 Å². The Kier molecular flexibility index (Phi) is 4.01. The van der Waals surface area contributed by atoms with Crippen LogP contribution in [0.25, 0.3) is 0 Å². The van der Waals surface area contributed by atoms with Crippen LogP contribution in [0.2, 0.25) is 0 Å². The van der Waals surface area contributed by atoms with Crippen molar-refractivity contribution in [3.05, 3.63) is 33.6 Å². The van der Waals surface area contributed by atoms with Gasteiger partial charge in [0.15, 0.2) is 5.16 Å². The van der Waals surface area contributed by atoms with Crippen molar-refractivity contribution in [3.63, 3.8) is 0 Å². The number of hydrogen-bond donors (Lipinski definition) is 1. The fourth-order valence-corrected chi connectivity index (χ4v) is 3.50. The number of methoxy groups -OCH3 is 1. The van der Waals surface area contributed by atoms with Gasteiger partial charge in [0, 0.05) is 17.9 Å². The summed E-state index contributed by atoms with van der Waals surface area (Å²) >= 11 is 1.51. The smallest absolute Gasteiger partial charge is 0.254 e. The molecule has 0 radical (unpaired) electrons. The summed E-state index contributed by atoms with van der Waals surface area (Å²) in [6, 6.07) is 0. The van der Waals surface area contributed by atoms with E-state index in [-0.39, 0.29) is 5.56 Å². The van der Waals surface area contributed by atoms with Crippen molar-refractivity contribution in [2.45, 2.75) is 43.6 Å². The minimum absolute atomic E-state index is 0.0102. The van der Waals surface area contributed by atoms with Gasteiger partial charge in [0.2, 0.25) is 5.88 Å². The van der Waals surface area contributed by atoms with Gasteiger partial charge in [0.1, 0.15) is 0 Å². The Balaban J connectivity index is 1.81. The second kappa shape index (κ2) is 5.93. The van der Waals surface area contributed by atoms with Crippen molar-refractivity contribution in [1.82, 2.24) is 19.5 Å². The maximum Gasteiger partial charge on any atom is 0.254 e. The molecule has 0 saturated carbocycles. The van der Waals surface area contributed by atoms with Gasteiger partial charge in [-0.2, -0.15) is 0 Å². The van der Waals surface area contributed by atoms with Gasteiger partial charge in [-0.15, -0.1) is 0 Å². The molecule has 21 heavy (non-hydrogen) atoms. The number of H-pyrrole nitrogens is 1. The van der Waals surface area contributed by atoms with Crippen LogP contribution in [0.3, 0.4) is 0 Å². The fourth-order valence-electron chi connectivity index (χ4n) is 2.60. The molecule has 1 aliphatic carbocycles. The molecule has 1 N–H and O–H groups in total. The van der Waals surface area contributed by atoms with E-state index in [0.29, 0.717) is 16.8 Å². The number of aryl methyl sites for hydroxylation is 2. The Bertz CT molecular complexity index is 686. The third-order valence-corrected chi connectivity index (χ3v) is 4.59. The topological polar surface area (TPSA) is 72.8 Å². The molecule has 1 aliphatic rings. The largest absolute Gasteiger partial charge is 0.480 e. The second-order valence-electron chi connectivity index (χ2n) is 4.93. The van der Waals surface area contributed by atoms with Crippen molar-refractivity contribution < 1.29 is 4.74 Å². The highest BCUT2D eigenvalue weighted by Gasteiger charge is 2.18. The lowest BCUT2D eigenvalue weighted by atomic mass is 10.3. The normalized spacial score (nSPS) is 13.4. The Morgan fingerprint density at radius 1 is 1.48 bits per heavy atom. The average molecular weight is 306 g/mol. The zero-order valence-electron chi connectivity index (χ0n) is 12.2. The van der Waals surface area contributed by atoms with Crippen LogP contribution < -0.4 is 10.3 Å². The summed E-state index contributed by atoms with van der Waals surface area (Å²) in [5, 5.41) is 0.673. The Labute approximate surface area is 127 Å². The predicted octanol–water partition coefficient (Wildman–Crippen LogP) is 1.78. The maximum absolute atomic E-state index is 12.0. The van der Waals surface area contributed by atoms with Crippen LogP contribution in [0.4, 0.5) is 0 Å². The summed E-state index contributed by atoms with van der Waals surface area (Å²) in [4.78, 5) is 23.6. The lowest BCUT2D eigenvalue weighted by Crippen LogP contribution is -2.15. The van der Waals surface area contributed by atoms with E-state index in [1.165, 1.54) is 11.8 Å². The number of fused-ring (bicyclic) bond motifs is 1. The quantitative estimate of drug-likeness (QED) is 0.673. The molecule has 7 heteroatoms. The molecule has 3 rings (SSSR count). The highest BCUT2D eigenvalue weighted by molar-refractivity contribution is 7.98. The van der Waals surface area contributed by atoms with Crippen LogP contribution in [0.5, 0.6) is 5.88 Å².